The van der Waals surface area contributed by atoms with Crippen LogP contribution in [0.3, 0.4) is 0 Å². The van der Waals surface area contributed by atoms with Crippen molar-refractivity contribution < 1.29 is 19.4 Å². The van der Waals surface area contributed by atoms with Crippen molar-refractivity contribution in [3.8, 4) is 0 Å². The van der Waals surface area contributed by atoms with Crippen LogP contribution in [-0.4, -0.2) is 47.2 Å². The molecule has 2 fully saturated rings. The summed E-state index contributed by atoms with van der Waals surface area (Å²) in [5, 5.41) is 9.03. The van der Waals surface area contributed by atoms with E-state index in [1.807, 2.05) is 11.8 Å². The summed E-state index contributed by atoms with van der Waals surface area (Å²) in [6, 6.07) is 0.0105. The third-order valence-corrected chi connectivity index (χ3v) is 4.72. The van der Waals surface area contributed by atoms with Gasteiger partial charge < -0.3 is 14.7 Å². The molecule has 108 valence electrons. The van der Waals surface area contributed by atoms with Crippen LogP contribution in [0.25, 0.3) is 0 Å². The van der Waals surface area contributed by atoms with Crippen molar-refractivity contribution in [2.75, 3.05) is 13.7 Å². The maximum Gasteiger partial charge on any atom is 0.306 e. The second-order valence-electron chi connectivity index (χ2n) is 5.91. The number of hydrogen-bond donors (Lipinski definition) is 1. The minimum atomic E-state index is -0.744. The third kappa shape index (κ3) is 2.91. The van der Waals surface area contributed by atoms with Gasteiger partial charge in [-0.25, -0.2) is 0 Å². The first kappa shape index (κ1) is 14.3. The van der Waals surface area contributed by atoms with Crippen molar-refractivity contribution in [2.24, 2.45) is 5.92 Å². The molecule has 0 aromatic rings. The van der Waals surface area contributed by atoms with Crippen molar-refractivity contribution >= 4 is 11.9 Å². The summed E-state index contributed by atoms with van der Waals surface area (Å²) >= 11 is 0. The summed E-state index contributed by atoms with van der Waals surface area (Å²) in [7, 11) is 1.67. The molecule has 1 N–H and O–H groups in total. The molecule has 2 unspecified atom stereocenters. The predicted molar refractivity (Wildman–Crippen MR) is 69.7 cm³/mol. The summed E-state index contributed by atoms with van der Waals surface area (Å²) in [5.74, 6) is -0.941. The van der Waals surface area contributed by atoms with Crippen molar-refractivity contribution in [3.63, 3.8) is 0 Å². The zero-order chi connectivity index (χ0) is 14.0. The lowest BCUT2D eigenvalue weighted by molar-refractivity contribution is -0.152. The molecule has 2 rings (SSSR count). The van der Waals surface area contributed by atoms with Crippen LogP contribution in [-0.2, 0) is 14.3 Å². The molecule has 0 aromatic carbocycles. The lowest BCUT2D eigenvalue weighted by Gasteiger charge is -2.43. The fourth-order valence-corrected chi connectivity index (χ4v) is 3.17. The Labute approximate surface area is 113 Å². The third-order valence-electron chi connectivity index (χ3n) is 4.72. The number of aliphatic carboxylic acids is 1. The van der Waals surface area contributed by atoms with E-state index < -0.39 is 5.97 Å². The molecule has 0 spiro atoms. The van der Waals surface area contributed by atoms with Crippen molar-refractivity contribution in [1.82, 2.24) is 4.90 Å². The van der Waals surface area contributed by atoms with E-state index in [-0.39, 0.29) is 23.5 Å². The maximum atomic E-state index is 12.4. The van der Waals surface area contributed by atoms with E-state index in [4.69, 9.17) is 9.84 Å². The Morgan fingerprint density at radius 2 is 2.11 bits per heavy atom. The van der Waals surface area contributed by atoms with Crippen molar-refractivity contribution in [1.29, 1.82) is 0 Å². The topological polar surface area (TPSA) is 66.8 Å². The number of nitrogens with zero attached hydrogens (tertiary/aromatic N) is 1. The van der Waals surface area contributed by atoms with Crippen LogP contribution >= 0.6 is 0 Å². The highest BCUT2D eigenvalue weighted by atomic mass is 16.5. The zero-order valence-electron chi connectivity index (χ0n) is 11.7. The number of ether oxygens (including phenoxy) is 1. The van der Waals surface area contributed by atoms with Gasteiger partial charge in [-0.3, -0.25) is 9.59 Å². The van der Waals surface area contributed by atoms with E-state index in [1.54, 1.807) is 7.11 Å². The number of carbonyl (C=O) groups excluding carboxylic acids is 1. The summed E-state index contributed by atoms with van der Waals surface area (Å²) < 4.78 is 5.49. The average Bonchev–Trinajstić information content (AvgIpc) is 2.33. The Balaban J connectivity index is 1.91. The van der Waals surface area contributed by atoms with Gasteiger partial charge in [-0.05, 0) is 39.0 Å². The molecule has 1 amide bonds. The highest BCUT2D eigenvalue weighted by Crippen LogP contribution is 2.39. The summed E-state index contributed by atoms with van der Waals surface area (Å²) in [4.78, 5) is 25.2. The molecule has 1 saturated carbocycles. The molecule has 0 bridgehead atoms. The molecule has 1 heterocycles. The first-order valence-corrected chi connectivity index (χ1v) is 7.05. The van der Waals surface area contributed by atoms with Gasteiger partial charge in [0.2, 0.25) is 5.91 Å². The molecule has 0 radical (unpaired) electrons. The van der Waals surface area contributed by atoms with Gasteiger partial charge in [-0.1, -0.05) is 0 Å². The molecule has 19 heavy (non-hydrogen) atoms. The Bertz CT molecular complexity index is 359. The van der Waals surface area contributed by atoms with Gasteiger partial charge in [0.05, 0.1) is 17.9 Å². The molecule has 1 aliphatic heterocycles. The number of amides is 1. The maximum absolute atomic E-state index is 12.4. The fraction of sp³-hybridized carbons (Fsp3) is 0.857. The number of carboxylic acids is 1. The Morgan fingerprint density at radius 1 is 1.42 bits per heavy atom. The number of carboxylic acid groups (broad SMARTS) is 1. The zero-order valence-corrected chi connectivity index (χ0v) is 11.7. The first-order chi connectivity index (χ1) is 8.97. The van der Waals surface area contributed by atoms with Gasteiger partial charge in [0, 0.05) is 19.7 Å². The molecule has 5 nitrogen and oxygen atoms in total. The van der Waals surface area contributed by atoms with Crippen LogP contribution in [0.15, 0.2) is 0 Å². The van der Waals surface area contributed by atoms with Gasteiger partial charge in [0.15, 0.2) is 0 Å². The van der Waals surface area contributed by atoms with Crippen LogP contribution in [0.4, 0.5) is 0 Å². The molecule has 2 aliphatic rings. The van der Waals surface area contributed by atoms with E-state index in [0.717, 1.165) is 19.3 Å². The van der Waals surface area contributed by atoms with Crippen molar-refractivity contribution in [3.05, 3.63) is 0 Å². The quantitative estimate of drug-likeness (QED) is 0.843. The van der Waals surface area contributed by atoms with E-state index >= 15 is 0 Å². The smallest absolute Gasteiger partial charge is 0.306 e. The summed E-state index contributed by atoms with van der Waals surface area (Å²) in [5.41, 5.74) is -0.250. The number of rotatable bonds is 4. The Morgan fingerprint density at radius 3 is 2.53 bits per heavy atom. The highest BCUT2D eigenvalue weighted by molar-refractivity contribution is 5.78. The largest absolute Gasteiger partial charge is 0.481 e. The molecule has 0 aromatic heterocycles. The monoisotopic (exact) mass is 269 g/mol. The van der Waals surface area contributed by atoms with Crippen LogP contribution < -0.4 is 0 Å². The van der Waals surface area contributed by atoms with Crippen LogP contribution in [0.5, 0.6) is 0 Å². The summed E-state index contributed by atoms with van der Waals surface area (Å²) in [6.07, 6.45) is 4.58. The van der Waals surface area contributed by atoms with E-state index in [0.29, 0.717) is 25.8 Å². The molecular weight excluding hydrogens is 246 g/mol. The molecule has 5 heteroatoms. The highest BCUT2D eigenvalue weighted by Gasteiger charge is 2.41. The standard InChI is InChI=1S/C14H23NO4/c1-10-8-11(13(17)18)4-7-15(10)12(16)9-14(19-2)5-3-6-14/h10-11H,3-9H2,1-2H3,(H,17,18). The second kappa shape index (κ2) is 5.49. The van der Waals surface area contributed by atoms with Crippen LogP contribution in [0.2, 0.25) is 0 Å². The Kier molecular flexibility index (Phi) is 4.13. The van der Waals surface area contributed by atoms with Crippen LogP contribution in [0.1, 0.15) is 45.4 Å². The SMILES string of the molecule is COC1(CC(=O)N2CCC(C(=O)O)CC2C)CCC1. The predicted octanol–water partition coefficient (Wildman–Crippen LogP) is 1.66. The molecule has 1 aliphatic carbocycles. The number of piperidine rings is 1. The fourth-order valence-electron chi connectivity index (χ4n) is 3.17. The number of hydrogen-bond acceptors (Lipinski definition) is 3. The normalized spacial score (nSPS) is 29.7. The van der Waals surface area contributed by atoms with E-state index in [1.165, 1.54) is 0 Å². The molecule has 1 saturated heterocycles. The lowest BCUT2D eigenvalue weighted by Crippen LogP contribution is -2.50. The van der Waals surface area contributed by atoms with Gasteiger partial charge in [-0.2, -0.15) is 0 Å². The average molecular weight is 269 g/mol. The van der Waals surface area contributed by atoms with Crippen molar-refractivity contribution in [2.45, 2.75) is 57.1 Å². The van der Waals surface area contributed by atoms with Gasteiger partial charge in [0.1, 0.15) is 0 Å². The Hall–Kier alpha value is -1.10. The minimum Gasteiger partial charge on any atom is -0.481 e. The molecule has 2 atom stereocenters. The summed E-state index contributed by atoms with van der Waals surface area (Å²) in [6.45, 7) is 2.49. The number of methoxy groups -OCH3 is 1. The van der Waals surface area contributed by atoms with E-state index in [9.17, 15) is 9.59 Å². The number of likely N-dealkylation sites (tertiary alicyclic amines) is 1. The number of carbonyl (C=O) groups is 2. The van der Waals surface area contributed by atoms with E-state index in [2.05, 4.69) is 0 Å². The van der Waals surface area contributed by atoms with Gasteiger partial charge in [0.25, 0.3) is 0 Å². The minimum absolute atomic E-state index is 0.0105. The second-order valence-corrected chi connectivity index (χ2v) is 5.91. The van der Waals surface area contributed by atoms with Gasteiger partial charge >= 0.3 is 5.97 Å². The lowest BCUT2D eigenvalue weighted by atomic mass is 9.77. The first-order valence-electron chi connectivity index (χ1n) is 7.05. The van der Waals surface area contributed by atoms with Gasteiger partial charge in [-0.15, -0.1) is 0 Å². The molecular formula is C14H23NO4. The van der Waals surface area contributed by atoms with Crippen LogP contribution in [0, 0.1) is 5.92 Å².